The Balaban J connectivity index is 1.26. The standard InChI is InChI=1S/C37H34F3N3O2/c38-37(39,40)27-12-11-13-28(22-27)41-23-31(44)26-45-32(24-42(29-14-3-1-4-15-29)30-16-5-2-6-17-30)25-43-35-20-9-7-18-33(35)34-19-8-10-21-36(34)43/h1-22,31-32,41,44H,23-26H2. The molecule has 6 aromatic rings. The highest BCUT2D eigenvalue weighted by molar-refractivity contribution is 6.07. The molecule has 2 N–H and O–H groups in total. The van der Waals surface area contributed by atoms with Crippen molar-refractivity contribution in [1.29, 1.82) is 0 Å². The molecule has 45 heavy (non-hydrogen) atoms. The summed E-state index contributed by atoms with van der Waals surface area (Å²) in [6.45, 7) is 1.02. The number of benzene rings is 5. The number of fused-ring (bicyclic) bond motifs is 3. The van der Waals surface area contributed by atoms with E-state index in [-0.39, 0.29) is 24.9 Å². The molecule has 0 spiro atoms. The van der Waals surface area contributed by atoms with Crippen LogP contribution in [0.1, 0.15) is 5.56 Å². The van der Waals surface area contributed by atoms with E-state index in [0.29, 0.717) is 13.1 Å². The lowest BCUT2D eigenvalue weighted by Crippen LogP contribution is -2.37. The van der Waals surface area contributed by atoms with Crippen LogP contribution in [-0.2, 0) is 17.5 Å². The molecule has 2 unspecified atom stereocenters. The summed E-state index contributed by atoms with van der Waals surface area (Å²) in [6.07, 6.45) is -5.77. The predicted molar refractivity (Wildman–Crippen MR) is 175 cm³/mol. The summed E-state index contributed by atoms with van der Waals surface area (Å²) in [5.74, 6) is 0. The zero-order chi connectivity index (χ0) is 31.2. The molecule has 0 saturated heterocycles. The molecule has 1 heterocycles. The molecular weight excluding hydrogens is 575 g/mol. The number of aliphatic hydroxyl groups is 1. The Bertz CT molecular complexity index is 1750. The first-order chi connectivity index (χ1) is 21.9. The van der Waals surface area contributed by atoms with Crippen LogP contribution in [0.3, 0.4) is 0 Å². The van der Waals surface area contributed by atoms with Crippen molar-refractivity contribution < 1.29 is 23.0 Å². The fraction of sp³-hybridized carbons (Fsp3) is 0.189. The van der Waals surface area contributed by atoms with Gasteiger partial charge >= 0.3 is 6.18 Å². The van der Waals surface area contributed by atoms with Crippen molar-refractivity contribution >= 4 is 38.9 Å². The molecule has 8 heteroatoms. The molecule has 6 rings (SSSR count). The fourth-order valence-corrected chi connectivity index (χ4v) is 5.69. The Morgan fingerprint density at radius 1 is 0.711 bits per heavy atom. The lowest BCUT2D eigenvalue weighted by atomic mass is 10.2. The number of anilines is 3. The van der Waals surface area contributed by atoms with Crippen molar-refractivity contribution in [3.05, 3.63) is 139 Å². The third-order valence-electron chi connectivity index (χ3n) is 7.84. The predicted octanol–water partition coefficient (Wildman–Crippen LogP) is 8.51. The van der Waals surface area contributed by atoms with Gasteiger partial charge in [-0.2, -0.15) is 13.2 Å². The normalized spacial score (nSPS) is 13.2. The first kappa shape index (κ1) is 30.2. The summed E-state index contributed by atoms with van der Waals surface area (Å²) in [4.78, 5) is 2.20. The summed E-state index contributed by atoms with van der Waals surface area (Å²) in [5, 5.41) is 16.1. The van der Waals surface area contributed by atoms with Crippen molar-refractivity contribution in [2.75, 3.05) is 29.9 Å². The zero-order valence-electron chi connectivity index (χ0n) is 24.6. The summed E-state index contributed by atoms with van der Waals surface area (Å²) in [6, 6.07) is 41.7. The molecule has 5 nitrogen and oxygen atoms in total. The lowest BCUT2D eigenvalue weighted by Gasteiger charge is -2.31. The van der Waals surface area contributed by atoms with Crippen LogP contribution in [0.15, 0.2) is 133 Å². The van der Waals surface area contributed by atoms with Crippen molar-refractivity contribution in [1.82, 2.24) is 4.57 Å². The van der Waals surface area contributed by atoms with E-state index in [1.165, 1.54) is 6.07 Å². The average Bonchev–Trinajstić information content (AvgIpc) is 3.38. The number of halogens is 3. The Kier molecular flexibility index (Phi) is 9.05. The van der Waals surface area contributed by atoms with E-state index >= 15 is 0 Å². The second-order valence-electron chi connectivity index (χ2n) is 11.0. The fourth-order valence-electron chi connectivity index (χ4n) is 5.69. The molecule has 0 amide bonds. The van der Waals surface area contributed by atoms with Gasteiger partial charge in [-0.05, 0) is 54.6 Å². The van der Waals surface area contributed by atoms with Gasteiger partial charge in [0.25, 0.3) is 0 Å². The largest absolute Gasteiger partial charge is 0.416 e. The molecule has 2 atom stereocenters. The molecular formula is C37H34F3N3O2. The molecule has 5 aromatic carbocycles. The number of para-hydroxylation sites is 4. The number of nitrogens with one attached hydrogen (secondary N) is 1. The highest BCUT2D eigenvalue weighted by Gasteiger charge is 2.30. The number of alkyl halides is 3. The maximum absolute atomic E-state index is 13.2. The third kappa shape index (κ3) is 7.14. The van der Waals surface area contributed by atoms with Crippen molar-refractivity contribution in [2.45, 2.75) is 24.9 Å². The summed E-state index contributed by atoms with van der Waals surface area (Å²) in [7, 11) is 0. The Labute approximate surface area is 260 Å². The summed E-state index contributed by atoms with van der Waals surface area (Å²) < 4.78 is 48.3. The van der Waals surface area contributed by atoms with E-state index in [0.717, 1.165) is 45.3 Å². The molecule has 0 radical (unpaired) electrons. The zero-order valence-corrected chi connectivity index (χ0v) is 24.6. The average molecular weight is 610 g/mol. The monoisotopic (exact) mass is 609 g/mol. The van der Waals surface area contributed by atoms with Crippen molar-refractivity contribution in [2.24, 2.45) is 0 Å². The second kappa shape index (κ2) is 13.5. The van der Waals surface area contributed by atoms with Gasteiger partial charge in [0.05, 0.1) is 37.5 Å². The molecule has 0 aliphatic rings. The number of aliphatic hydroxyl groups excluding tert-OH is 1. The van der Waals surface area contributed by atoms with Crippen LogP contribution in [0.4, 0.5) is 30.2 Å². The van der Waals surface area contributed by atoms with Gasteiger partial charge < -0.3 is 24.6 Å². The minimum Gasteiger partial charge on any atom is -0.389 e. The number of nitrogens with zero attached hydrogens (tertiary/aromatic N) is 2. The van der Waals surface area contributed by atoms with Crippen LogP contribution >= 0.6 is 0 Å². The maximum Gasteiger partial charge on any atom is 0.416 e. The van der Waals surface area contributed by atoms with Gasteiger partial charge in [0.2, 0.25) is 0 Å². The van der Waals surface area contributed by atoms with Gasteiger partial charge in [-0.15, -0.1) is 0 Å². The highest BCUT2D eigenvalue weighted by Crippen LogP contribution is 2.32. The van der Waals surface area contributed by atoms with E-state index < -0.39 is 17.8 Å². The topological polar surface area (TPSA) is 49.7 Å². The van der Waals surface area contributed by atoms with Gasteiger partial charge in [0, 0.05) is 45.4 Å². The molecule has 230 valence electrons. The van der Waals surface area contributed by atoms with Gasteiger partial charge in [-0.3, -0.25) is 0 Å². The number of aromatic nitrogens is 1. The van der Waals surface area contributed by atoms with Gasteiger partial charge in [-0.1, -0.05) is 78.9 Å². The molecule has 0 bridgehead atoms. The molecule has 1 aromatic heterocycles. The van der Waals surface area contributed by atoms with Crippen LogP contribution < -0.4 is 10.2 Å². The number of hydrogen-bond acceptors (Lipinski definition) is 4. The molecule has 0 saturated carbocycles. The molecule has 0 fully saturated rings. The van der Waals surface area contributed by atoms with Crippen LogP contribution in [0.25, 0.3) is 21.8 Å². The van der Waals surface area contributed by atoms with Gasteiger partial charge in [0.1, 0.15) is 0 Å². The Hall–Kier alpha value is -4.79. The Morgan fingerprint density at radius 3 is 1.84 bits per heavy atom. The summed E-state index contributed by atoms with van der Waals surface area (Å²) in [5.41, 5.74) is 3.73. The van der Waals surface area contributed by atoms with E-state index in [9.17, 15) is 18.3 Å². The minimum atomic E-state index is -4.44. The van der Waals surface area contributed by atoms with Crippen LogP contribution in [0.5, 0.6) is 0 Å². The van der Waals surface area contributed by atoms with E-state index in [4.69, 9.17) is 4.74 Å². The van der Waals surface area contributed by atoms with E-state index in [2.05, 4.69) is 63.3 Å². The van der Waals surface area contributed by atoms with Crippen molar-refractivity contribution in [3.63, 3.8) is 0 Å². The van der Waals surface area contributed by atoms with E-state index in [1.54, 1.807) is 6.07 Å². The van der Waals surface area contributed by atoms with E-state index in [1.807, 2.05) is 60.7 Å². The van der Waals surface area contributed by atoms with Gasteiger partial charge in [0.15, 0.2) is 0 Å². The molecule has 0 aliphatic heterocycles. The highest BCUT2D eigenvalue weighted by atomic mass is 19.4. The number of rotatable bonds is 12. The smallest absolute Gasteiger partial charge is 0.389 e. The number of hydrogen-bond donors (Lipinski definition) is 2. The van der Waals surface area contributed by atoms with Crippen LogP contribution in [0.2, 0.25) is 0 Å². The third-order valence-corrected chi connectivity index (χ3v) is 7.84. The first-order valence-electron chi connectivity index (χ1n) is 14.9. The van der Waals surface area contributed by atoms with Crippen molar-refractivity contribution in [3.8, 4) is 0 Å². The molecule has 0 aliphatic carbocycles. The number of ether oxygens (including phenoxy) is 1. The lowest BCUT2D eigenvalue weighted by molar-refractivity contribution is -0.137. The maximum atomic E-state index is 13.2. The second-order valence-corrected chi connectivity index (χ2v) is 11.0. The minimum absolute atomic E-state index is 0.00875. The van der Waals surface area contributed by atoms with Crippen LogP contribution in [0, 0.1) is 0 Å². The van der Waals surface area contributed by atoms with Gasteiger partial charge in [-0.25, -0.2) is 0 Å². The Morgan fingerprint density at radius 2 is 1.27 bits per heavy atom. The quantitative estimate of drug-likeness (QED) is 0.146. The first-order valence-corrected chi connectivity index (χ1v) is 14.9. The SMILES string of the molecule is OC(CNc1cccc(C(F)(F)F)c1)COC(CN(c1ccccc1)c1ccccc1)Cn1c2ccccc2c2ccccc21. The summed E-state index contributed by atoms with van der Waals surface area (Å²) >= 11 is 0. The van der Waals surface area contributed by atoms with Crippen LogP contribution in [-0.4, -0.2) is 41.6 Å².